The van der Waals surface area contributed by atoms with E-state index in [0.717, 1.165) is 11.3 Å². The zero-order chi connectivity index (χ0) is 14.8. The fraction of sp³-hybridized carbons (Fsp3) is 0.533. The first-order valence-electron chi connectivity index (χ1n) is 6.86. The summed E-state index contributed by atoms with van der Waals surface area (Å²) in [6, 6.07) is 5.59. The molecule has 5 nitrogen and oxygen atoms in total. The van der Waals surface area contributed by atoms with Crippen molar-refractivity contribution in [3.8, 4) is 11.5 Å². The smallest absolute Gasteiger partial charge is 0.230 e. The molecule has 21 heavy (non-hydrogen) atoms. The average molecular weight is 315 g/mol. The van der Waals surface area contributed by atoms with Crippen LogP contribution in [0.3, 0.4) is 0 Å². The van der Waals surface area contributed by atoms with Gasteiger partial charge in [0.1, 0.15) is 13.2 Å². The fourth-order valence-electron chi connectivity index (χ4n) is 2.03. The Kier molecular flexibility index (Phi) is 5.87. The van der Waals surface area contributed by atoms with Gasteiger partial charge in [0.05, 0.1) is 5.41 Å². The zero-order valence-electron chi connectivity index (χ0n) is 12.6. The molecule has 0 aliphatic carbocycles. The van der Waals surface area contributed by atoms with Crippen LogP contribution in [0.4, 0.5) is 0 Å². The van der Waals surface area contributed by atoms with Gasteiger partial charge in [0.15, 0.2) is 11.5 Å². The molecular weight excluding hydrogens is 292 g/mol. The molecule has 2 rings (SSSR count). The predicted octanol–water partition coefficient (Wildman–Crippen LogP) is 1.62. The Balaban J connectivity index is 0.00000220. The van der Waals surface area contributed by atoms with E-state index in [1.807, 2.05) is 39.0 Å². The summed E-state index contributed by atoms with van der Waals surface area (Å²) < 4.78 is 11.1. The van der Waals surface area contributed by atoms with Gasteiger partial charge < -0.3 is 20.5 Å². The van der Waals surface area contributed by atoms with Crippen LogP contribution in [0.15, 0.2) is 18.2 Å². The summed E-state index contributed by atoms with van der Waals surface area (Å²) >= 11 is 0. The maximum absolute atomic E-state index is 12.4. The molecule has 0 fully saturated rings. The number of halogens is 1. The van der Waals surface area contributed by atoms with Gasteiger partial charge in [-0.25, -0.2) is 0 Å². The summed E-state index contributed by atoms with van der Waals surface area (Å²) in [6.45, 7) is 7.17. The third kappa shape index (κ3) is 3.80. The molecule has 3 N–H and O–H groups in total. The molecule has 0 saturated carbocycles. The number of hydrogen-bond acceptors (Lipinski definition) is 4. The van der Waals surface area contributed by atoms with Gasteiger partial charge in [0.25, 0.3) is 0 Å². The van der Waals surface area contributed by atoms with Gasteiger partial charge in [-0.3, -0.25) is 4.79 Å². The van der Waals surface area contributed by atoms with Crippen LogP contribution in [0.5, 0.6) is 11.5 Å². The van der Waals surface area contributed by atoms with Crippen molar-refractivity contribution >= 4 is 18.3 Å². The number of benzene rings is 1. The zero-order valence-corrected chi connectivity index (χ0v) is 13.5. The Hall–Kier alpha value is -1.46. The van der Waals surface area contributed by atoms with Crippen molar-refractivity contribution in [1.82, 2.24) is 5.32 Å². The summed E-state index contributed by atoms with van der Waals surface area (Å²) in [5.41, 5.74) is 5.78. The minimum absolute atomic E-state index is 0. The van der Waals surface area contributed by atoms with Gasteiger partial charge in [-0.15, -0.1) is 12.4 Å². The molecule has 1 aromatic carbocycles. The molecule has 1 atom stereocenters. The molecule has 1 aliphatic heterocycles. The lowest BCUT2D eigenvalue weighted by Crippen LogP contribution is -2.46. The molecule has 0 unspecified atom stereocenters. The van der Waals surface area contributed by atoms with Crippen molar-refractivity contribution in [2.45, 2.75) is 32.2 Å². The van der Waals surface area contributed by atoms with E-state index in [4.69, 9.17) is 15.2 Å². The summed E-state index contributed by atoms with van der Waals surface area (Å²) in [5, 5.41) is 2.91. The number of carbonyl (C=O) groups excluding carboxylic acids is 1. The number of nitrogens with two attached hydrogens (primary N) is 1. The van der Waals surface area contributed by atoms with E-state index in [1.165, 1.54) is 0 Å². The number of amides is 1. The minimum atomic E-state index is -0.654. The Morgan fingerprint density at radius 3 is 2.57 bits per heavy atom. The van der Waals surface area contributed by atoms with Crippen LogP contribution in [0, 0.1) is 0 Å². The molecule has 0 aromatic heterocycles. The SMILES string of the molecule is C[C@@H](CN)NC(=O)C(C)(C)c1ccc2c(c1)OCCO2.Cl. The minimum Gasteiger partial charge on any atom is -0.486 e. The van der Waals surface area contributed by atoms with Gasteiger partial charge >= 0.3 is 0 Å². The maximum Gasteiger partial charge on any atom is 0.230 e. The Labute approximate surface area is 131 Å². The molecule has 118 valence electrons. The second kappa shape index (κ2) is 7.00. The number of carbonyl (C=O) groups is 1. The quantitative estimate of drug-likeness (QED) is 0.885. The predicted molar refractivity (Wildman–Crippen MR) is 84.4 cm³/mol. The van der Waals surface area contributed by atoms with E-state index in [-0.39, 0.29) is 24.4 Å². The van der Waals surface area contributed by atoms with E-state index >= 15 is 0 Å². The number of hydrogen-bond donors (Lipinski definition) is 2. The van der Waals surface area contributed by atoms with Crippen molar-refractivity contribution in [1.29, 1.82) is 0 Å². The first-order valence-corrected chi connectivity index (χ1v) is 6.86. The van der Waals surface area contributed by atoms with E-state index in [0.29, 0.717) is 25.5 Å². The lowest BCUT2D eigenvalue weighted by molar-refractivity contribution is -0.126. The van der Waals surface area contributed by atoms with E-state index in [1.54, 1.807) is 0 Å². The summed E-state index contributed by atoms with van der Waals surface area (Å²) in [4.78, 5) is 12.4. The standard InChI is InChI=1S/C15H22N2O3.ClH/c1-10(9-16)17-14(18)15(2,3)11-4-5-12-13(8-11)20-7-6-19-12;/h4-5,8,10H,6-7,9,16H2,1-3H3,(H,17,18);1H/t10-;/m0./s1. The molecule has 0 radical (unpaired) electrons. The molecule has 1 heterocycles. The van der Waals surface area contributed by atoms with Crippen LogP contribution >= 0.6 is 12.4 Å². The average Bonchev–Trinajstić information content (AvgIpc) is 2.46. The van der Waals surface area contributed by atoms with Gasteiger partial charge in [-0.05, 0) is 38.5 Å². The topological polar surface area (TPSA) is 73.6 Å². The largest absolute Gasteiger partial charge is 0.486 e. The van der Waals surface area contributed by atoms with Crippen LogP contribution < -0.4 is 20.5 Å². The maximum atomic E-state index is 12.4. The van der Waals surface area contributed by atoms with Crippen molar-refractivity contribution in [2.75, 3.05) is 19.8 Å². The molecule has 0 spiro atoms. The van der Waals surface area contributed by atoms with Gasteiger partial charge in [-0.1, -0.05) is 6.07 Å². The van der Waals surface area contributed by atoms with Crippen molar-refractivity contribution < 1.29 is 14.3 Å². The molecule has 0 bridgehead atoms. The van der Waals surface area contributed by atoms with Gasteiger partial charge in [0.2, 0.25) is 5.91 Å². The van der Waals surface area contributed by atoms with Crippen LogP contribution in [-0.2, 0) is 10.2 Å². The number of fused-ring (bicyclic) bond motifs is 1. The monoisotopic (exact) mass is 314 g/mol. The van der Waals surface area contributed by atoms with Gasteiger partial charge in [-0.2, -0.15) is 0 Å². The third-order valence-corrected chi connectivity index (χ3v) is 3.56. The molecular formula is C15H23ClN2O3. The van der Waals surface area contributed by atoms with Gasteiger partial charge in [0, 0.05) is 12.6 Å². The number of ether oxygens (including phenoxy) is 2. The van der Waals surface area contributed by atoms with E-state index < -0.39 is 5.41 Å². The molecule has 1 aromatic rings. The van der Waals surface area contributed by atoms with Crippen LogP contribution in [0.25, 0.3) is 0 Å². The number of rotatable bonds is 4. The van der Waals surface area contributed by atoms with Crippen LogP contribution in [0.2, 0.25) is 0 Å². The highest BCUT2D eigenvalue weighted by Gasteiger charge is 2.31. The second-order valence-corrected chi connectivity index (χ2v) is 5.59. The normalized spacial score (nSPS) is 14.9. The lowest BCUT2D eigenvalue weighted by Gasteiger charge is -2.28. The van der Waals surface area contributed by atoms with E-state index in [9.17, 15) is 4.79 Å². The summed E-state index contributed by atoms with van der Waals surface area (Å²) in [5.74, 6) is 1.38. The lowest BCUT2D eigenvalue weighted by atomic mass is 9.83. The van der Waals surface area contributed by atoms with E-state index in [2.05, 4.69) is 5.32 Å². The molecule has 1 aliphatic rings. The fourth-order valence-corrected chi connectivity index (χ4v) is 2.03. The molecule has 6 heteroatoms. The highest BCUT2D eigenvalue weighted by Crippen LogP contribution is 2.35. The molecule has 1 amide bonds. The van der Waals surface area contributed by atoms with Crippen LogP contribution in [-0.4, -0.2) is 31.7 Å². The van der Waals surface area contributed by atoms with Crippen molar-refractivity contribution in [3.63, 3.8) is 0 Å². The first-order chi connectivity index (χ1) is 9.45. The summed E-state index contributed by atoms with van der Waals surface area (Å²) in [6.07, 6.45) is 0. The Morgan fingerprint density at radius 2 is 1.95 bits per heavy atom. The third-order valence-electron chi connectivity index (χ3n) is 3.56. The number of nitrogens with one attached hydrogen (secondary N) is 1. The first kappa shape index (κ1) is 17.6. The second-order valence-electron chi connectivity index (χ2n) is 5.59. The van der Waals surface area contributed by atoms with Crippen molar-refractivity contribution in [2.24, 2.45) is 5.73 Å². The highest BCUT2D eigenvalue weighted by molar-refractivity contribution is 5.87. The van der Waals surface area contributed by atoms with Crippen LogP contribution in [0.1, 0.15) is 26.3 Å². The Morgan fingerprint density at radius 1 is 1.33 bits per heavy atom. The highest BCUT2D eigenvalue weighted by atomic mass is 35.5. The van der Waals surface area contributed by atoms with Crippen molar-refractivity contribution in [3.05, 3.63) is 23.8 Å². The molecule has 0 saturated heterocycles. The summed E-state index contributed by atoms with van der Waals surface area (Å²) in [7, 11) is 0. The Bertz CT molecular complexity index is 506.